The molecule has 1 heterocycles. The van der Waals surface area contributed by atoms with Crippen molar-refractivity contribution in [3.63, 3.8) is 0 Å². The lowest BCUT2D eigenvalue weighted by Crippen LogP contribution is -2.52. The van der Waals surface area contributed by atoms with Gasteiger partial charge in [0.15, 0.2) is 0 Å². The number of amides is 2. The summed E-state index contributed by atoms with van der Waals surface area (Å²) in [5, 5.41) is 23.1. The van der Waals surface area contributed by atoms with Crippen molar-refractivity contribution in [2.75, 3.05) is 6.54 Å². The number of nitrogens with two attached hydrogens (primary N) is 1. The van der Waals surface area contributed by atoms with Crippen LogP contribution in [0.15, 0.2) is 0 Å². The molecule has 8 heteroatoms. The Morgan fingerprint density at radius 2 is 2.11 bits per heavy atom. The molecule has 1 aliphatic rings. The minimum absolute atomic E-state index is 0.0702. The standard InChI is InChI=1S/C10H17N3O5/c11-9(17)5(1-2-7(15)16)13-10(18)8-6(14)3-4-12-8/h5-6,8,12,14H,1-4H2,(H2,11,17)(H,13,18)(H,15,16)/t5-,6?,8+/m1/s1. The maximum absolute atomic E-state index is 11.7. The van der Waals surface area contributed by atoms with Gasteiger partial charge >= 0.3 is 5.97 Å². The summed E-state index contributed by atoms with van der Waals surface area (Å²) >= 11 is 0. The van der Waals surface area contributed by atoms with Gasteiger partial charge in [-0.05, 0) is 19.4 Å². The van der Waals surface area contributed by atoms with Gasteiger partial charge < -0.3 is 26.6 Å². The van der Waals surface area contributed by atoms with Crippen LogP contribution in [0, 0.1) is 0 Å². The molecule has 0 aromatic rings. The normalized spacial score (nSPS) is 24.5. The molecule has 2 amide bonds. The zero-order valence-corrected chi connectivity index (χ0v) is 9.76. The Morgan fingerprint density at radius 3 is 2.56 bits per heavy atom. The van der Waals surface area contributed by atoms with Gasteiger partial charge in [-0.25, -0.2) is 0 Å². The van der Waals surface area contributed by atoms with E-state index < -0.39 is 36.0 Å². The van der Waals surface area contributed by atoms with Gasteiger partial charge in [0.2, 0.25) is 11.8 Å². The van der Waals surface area contributed by atoms with Crippen LogP contribution in [0.4, 0.5) is 0 Å². The van der Waals surface area contributed by atoms with Crippen molar-refractivity contribution in [2.24, 2.45) is 5.73 Å². The van der Waals surface area contributed by atoms with Crippen molar-refractivity contribution in [3.05, 3.63) is 0 Å². The van der Waals surface area contributed by atoms with Crippen LogP contribution in [-0.4, -0.2) is 52.7 Å². The van der Waals surface area contributed by atoms with Gasteiger partial charge in [-0.15, -0.1) is 0 Å². The Labute approximate surface area is 104 Å². The smallest absolute Gasteiger partial charge is 0.303 e. The largest absolute Gasteiger partial charge is 0.481 e. The minimum atomic E-state index is -1.07. The first kappa shape index (κ1) is 14.4. The van der Waals surface area contributed by atoms with E-state index in [1.165, 1.54) is 0 Å². The molecule has 1 aliphatic heterocycles. The third-order valence-corrected chi connectivity index (χ3v) is 2.78. The van der Waals surface area contributed by atoms with Crippen LogP contribution in [0.2, 0.25) is 0 Å². The minimum Gasteiger partial charge on any atom is -0.481 e. The van der Waals surface area contributed by atoms with Gasteiger partial charge in [-0.3, -0.25) is 14.4 Å². The van der Waals surface area contributed by atoms with Crippen molar-refractivity contribution in [3.8, 4) is 0 Å². The maximum Gasteiger partial charge on any atom is 0.303 e. The fourth-order valence-electron chi connectivity index (χ4n) is 1.77. The second kappa shape index (κ2) is 6.31. The molecule has 0 saturated carbocycles. The zero-order valence-electron chi connectivity index (χ0n) is 9.76. The fourth-order valence-corrected chi connectivity index (χ4v) is 1.77. The Hall–Kier alpha value is -1.67. The third kappa shape index (κ3) is 3.97. The molecule has 0 spiro atoms. The number of hydrogen-bond acceptors (Lipinski definition) is 5. The number of aliphatic carboxylic acids is 1. The van der Waals surface area contributed by atoms with Crippen molar-refractivity contribution in [1.29, 1.82) is 0 Å². The number of carbonyl (C=O) groups is 3. The first-order valence-corrected chi connectivity index (χ1v) is 5.64. The lowest BCUT2D eigenvalue weighted by Gasteiger charge is -2.19. The van der Waals surface area contributed by atoms with Crippen molar-refractivity contribution in [1.82, 2.24) is 10.6 Å². The summed E-state index contributed by atoms with van der Waals surface area (Å²) < 4.78 is 0. The number of carboxylic acids is 1. The molecule has 0 aromatic carbocycles. The highest BCUT2D eigenvalue weighted by atomic mass is 16.4. The lowest BCUT2D eigenvalue weighted by molar-refractivity contribution is -0.138. The summed E-state index contributed by atoms with van der Waals surface area (Å²) in [6.45, 7) is 0.510. The summed E-state index contributed by atoms with van der Waals surface area (Å²) in [6, 6.07) is -1.82. The van der Waals surface area contributed by atoms with Gasteiger partial charge in [-0.1, -0.05) is 0 Å². The highest BCUT2D eigenvalue weighted by Gasteiger charge is 2.33. The van der Waals surface area contributed by atoms with Crippen LogP contribution in [0.3, 0.4) is 0 Å². The topological polar surface area (TPSA) is 142 Å². The predicted molar refractivity (Wildman–Crippen MR) is 60.4 cm³/mol. The number of rotatable bonds is 6. The number of aliphatic hydroxyl groups is 1. The van der Waals surface area contributed by atoms with Crippen LogP contribution < -0.4 is 16.4 Å². The van der Waals surface area contributed by atoms with E-state index in [1.807, 2.05) is 0 Å². The average molecular weight is 259 g/mol. The Kier molecular flexibility index (Phi) is 5.05. The molecule has 0 aromatic heterocycles. The van der Waals surface area contributed by atoms with E-state index in [2.05, 4.69) is 10.6 Å². The highest BCUT2D eigenvalue weighted by molar-refractivity contribution is 5.89. The van der Waals surface area contributed by atoms with Crippen LogP contribution in [-0.2, 0) is 14.4 Å². The Morgan fingerprint density at radius 1 is 1.44 bits per heavy atom. The van der Waals surface area contributed by atoms with Crippen LogP contribution >= 0.6 is 0 Å². The number of carboxylic acid groups (broad SMARTS) is 1. The first-order valence-electron chi connectivity index (χ1n) is 5.64. The molecule has 1 saturated heterocycles. The van der Waals surface area contributed by atoms with Crippen LogP contribution in [0.5, 0.6) is 0 Å². The molecular formula is C10H17N3O5. The van der Waals surface area contributed by atoms with Gasteiger partial charge in [0.05, 0.1) is 6.10 Å². The molecule has 0 bridgehead atoms. The molecule has 1 unspecified atom stereocenters. The van der Waals surface area contributed by atoms with Gasteiger partial charge in [0.1, 0.15) is 12.1 Å². The number of aliphatic hydroxyl groups excluding tert-OH is 1. The van der Waals surface area contributed by atoms with E-state index in [9.17, 15) is 19.5 Å². The molecule has 0 radical (unpaired) electrons. The fraction of sp³-hybridized carbons (Fsp3) is 0.700. The number of nitrogens with one attached hydrogen (secondary N) is 2. The van der Waals surface area contributed by atoms with E-state index in [1.54, 1.807) is 0 Å². The maximum atomic E-state index is 11.7. The Bertz CT molecular complexity index is 346. The summed E-state index contributed by atoms with van der Waals surface area (Å²) in [6.07, 6.45) is -0.694. The molecule has 8 nitrogen and oxygen atoms in total. The van der Waals surface area contributed by atoms with E-state index in [0.717, 1.165) is 0 Å². The molecular weight excluding hydrogens is 242 g/mol. The average Bonchev–Trinajstić information content (AvgIpc) is 2.69. The van der Waals surface area contributed by atoms with Crippen molar-refractivity contribution in [2.45, 2.75) is 37.5 Å². The molecule has 102 valence electrons. The van der Waals surface area contributed by atoms with Gasteiger partial charge in [-0.2, -0.15) is 0 Å². The second-order valence-electron chi connectivity index (χ2n) is 4.18. The van der Waals surface area contributed by atoms with E-state index in [4.69, 9.17) is 10.8 Å². The summed E-state index contributed by atoms with van der Waals surface area (Å²) in [5.74, 6) is -2.42. The lowest BCUT2D eigenvalue weighted by atomic mass is 10.1. The molecule has 1 fully saturated rings. The van der Waals surface area contributed by atoms with Gasteiger partial charge in [0.25, 0.3) is 0 Å². The monoisotopic (exact) mass is 259 g/mol. The van der Waals surface area contributed by atoms with Crippen molar-refractivity contribution >= 4 is 17.8 Å². The third-order valence-electron chi connectivity index (χ3n) is 2.78. The van der Waals surface area contributed by atoms with Crippen LogP contribution in [0.25, 0.3) is 0 Å². The van der Waals surface area contributed by atoms with Gasteiger partial charge in [0, 0.05) is 6.42 Å². The molecule has 3 atom stereocenters. The predicted octanol–water partition coefficient (Wildman–Crippen LogP) is -2.46. The summed E-state index contributed by atoms with van der Waals surface area (Å²) in [5.41, 5.74) is 5.08. The second-order valence-corrected chi connectivity index (χ2v) is 4.18. The Balaban J connectivity index is 2.52. The number of hydrogen-bond donors (Lipinski definition) is 5. The number of carbonyl (C=O) groups excluding carboxylic acids is 2. The van der Waals surface area contributed by atoms with E-state index >= 15 is 0 Å². The molecule has 6 N–H and O–H groups in total. The quantitative estimate of drug-likeness (QED) is 0.358. The highest BCUT2D eigenvalue weighted by Crippen LogP contribution is 2.07. The molecule has 1 rings (SSSR count). The molecule has 0 aliphatic carbocycles. The first-order chi connectivity index (χ1) is 8.41. The van der Waals surface area contributed by atoms with E-state index in [-0.39, 0.29) is 12.8 Å². The van der Waals surface area contributed by atoms with Crippen LogP contribution in [0.1, 0.15) is 19.3 Å². The van der Waals surface area contributed by atoms with E-state index in [0.29, 0.717) is 13.0 Å². The zero-order chi connectivity index (χ0) is 13.7. The molecule has 18 heavy (non-hydrogen) atoms. The SMILES string of the molecule is NC(=O)[C@@H](CCC(=O)O)NC(=O)[C@H]1NCCC1O. The summed E-state index contributed by atoms with van der Waals surface area (Å²) in [4.78, 5) is 33.2. The summed E-state index contributed by atoms with van der Waals surface area (Å²) in [7, 11) is 0. The van der Waals surface area contributed by atoms with Crippen molar-refractivity contribution < 1.29 is 24.6 Å². The number of primary amides is 1.